The molecular formula is C24H32N6O9. The Morgan fingerprint density at radius 2 is 1.56 bits per heavy atom. The Hall–Kier alpha value is -4.50. The number of primary amides is 1. The molecule has 0 aliphatic rings. The Labute approximate surface area is 222 Å². The van der Waals surface area contributed by atoms with Gasteiger partial charge in [0.05, 0.1) is 18.6 Å². The number of aromatic nitrogens is 1. The summed E-state index contributed by atoms with van der Waals surface area (Å²) in [6.07, 6.45) is -1.40. The van der Waals surface area contributed by atoms with Gasteiger partial charge in [-0.2, -0.15) is 0 Å². The molecule has 0 radical (unpaired) electrons. The maximum atomic E-state index is 13.0. The maximum absolute atomic E-state index is 13.0. The summed E-state index contributed by atoms with van der Waals surface area (Å²) in [5, 5.41) is 35.3. The number of carbonyl (C=O) groups excluding carboxylic acids is 4. The van der Waals surface area contributed by atoms with Crippen LogP contribution in [-0.2, 0) is 35.2 Å². The lowest BCUT2D eigenvalue weighted by Gasteiger charge is -2.25. The van der Waals surface area contributed by atoms with Crippen LogP contribution in [0, 0.1) is 0 Å². The van der Waals surface area contributed by atoms with Crippen LogP contribution in [0.25, 0.3) is 10.9 Å². The first-order chi connectivity index (χ1) is 18.3. The Bertz CT molecular complexity index is 1230. The first-order valence-electron chi connectivity index (χ1n) is 11.9. The molecule has 212 valence electrons. The van der Waals surface area contributed by atoms with Crippen molar-refractivity contribution in [2.24, 2.45) is 11.5 Å². The molecule has 5 atom stereocenters. The zero-order chi connectivity index (χ0) is 29.3. The van der Waals surface area contributed by atoms with Gasteiger partial charge in [0.1, 0.15) is 12.1 Å². The number of hydrogen-bond acceptors (Lipinski definition) is 8. The molecule has 0 aliphatic carbocycles. The average Bonchev–Trinajstić information content (AvgIpc) is 3.26. The summed E-state index contributed by atoms with van der Waals surface area (Å²) in [5.41, 5.74) is 12.8. The Kier molecular flexibility index (Phi) is 10.9. The van der Waals surface area contributed by atoms with E-state index in [0.29, 0.717) is 0 Å². The molecule has 1 aromatic heterocycles. The Balaban J connectivity index is 2.16. The normalized spacial score (nSPS) is 14.8. The highest BCUT2D eigenvalue weighted by atomic mass is 16.4. The van der Waals surface area contributed by atoms with Crippen LogP contribution >= 0.6 is 0 Å². The van der Waals surface area contributed by atoms with E-state index in [2.05, 4.69) is 15.6 Å². The van der Waals surface area contributed by atoms with Crippen LogP contribution in [0.5, 0.6) is 0 Å². The van der Waals surface area contributed by atoms with E-state index in [1.165, 1.54) is 0 Å². The highest BCUT2D eigenvalue weighted by Gasteiger charge is 2.33. The highest BCUT2D eigenvalue weighted by molar-refractivity contribution is 5.96. The van der Waals surface area contributed by atoms with Gasteiger partial charge in [-0.1, -0.05) is 18.2 Å². The van der Waals surface area contributed by atoms with Gasteiger partial charge in [0, 0.05) is 23.5 Å². The number of carboxylic acids is 2. The zero-order valence-electron chi connectivity index (χ0n) is 21.0. The third-order valence-electron chi connectivity index (χ3n) is 5.82. The number of hydrogen-bond donors (Lipinski definition) is 9. The molecule has 1 aromatic carbocycles. The average molecular weight is 549 g/mol. The summed E-state index contributed by atoms with van der Waals surface area (Å²) in [7, 11) is 0. The minimum atomic E-state index is -1.75. The number of aromatic amines is 1. The van der Waals surface area contributed by atoms with Gasteiger partial charge in [-0.25, -0.2) is 4.79 Å². The van der Waals surface area contributed by atoms with E-state index in [0.717, 1.165) is 23.4 Å². The second-order valence-electron chi connectivity index (χ2n) is 8.96. The van der Waals surface area contributed by atoms with Crippen LogP contribution in [0.4, 0.5) is 0 Å². The van der Waals surface area contributed by atoms with Gasteiger partial charge in [0.25, 0.3) is 0 Å². The summed E-state index contributed by atoms with van der Waals surface area (Å²) in [6, 6.07) is 1.29. The highest BCUT2D eigenvalue weighted by Crippen LogP contribution is 2.18. The molecule has 15 heteroatoms. The number of nitrogens with one attached hydrogen (secondary N) is 4. The Morgan fingerprint density at radius 3 is 2.15 bits per heavy atom. The molecule has 39 heavy (non-hydrogen) atoms. The van der Waals surface area contributed by atoms with Crippen LogP contribution < -0.4 is 27.4 Å². The summed E-state index contributed by atoms with van der Waals surface area (Å²) >= 11 is 0. The van der Waals surface area contributed by atoms with E-state index >= 15 is 0 Å². The van der Waals surface area contributed by atoms with Gasteiger partial charge in [0.15, 0.2) is 6.04 Å². The van der Waals surface area contributed by atoms with Gasteiger partial charge in [0.2, 0.25) is 23.6 Å². The van der Waals surface area contributed by atoms with Crippen molar-refractivity contribution in [1.29, 1.82) is 0 Å². The number of nitrogens with two attached hydrogens (primary N) is 2. The molecule has 15 nitrogen and oxygen atoms in total. The van der Waals surface area contributed by atoms with Crippen LogP contribution in [0.3, 0.4) is 0 Å². The fraction of sp³-hybridized carbons (Fsp3) is 0.417. The summed E-state index contributed by atoms with van der Waals surface area (Å²) in [5.74, 6) is -6.81. The van der Waals surface area contributed by atoms with Gasteiger partial charge < -0.3 is 47.7 Å². The van der Waals surface area contributed by atoms with Crippen molar-refractivity contribution in [1.82, 2.24) is 20.9 Å². The second-order valence-corrected chi connectivity index (χ2v) is 8.96. The number of aliphatic hydroxyl groups is 1. The molecule has 0 aliphatic heterocycles. The van der Waals surface area contributed by atoms with Gasteiger partial charge in [-0.15, -0.1) is 0 Å². The molecule has 0 saturated carbocycles. The lowest BCUT2D eigenvalue weighted by atomic mass is 10.0. The van der Waals surface area contributed by atoms with Crippen LogP contribution in [0.2, 0.25) is 0 Å². The number of rotatable bonds is 15. The van der Waals surface area contributed by atoms with Crippen LogP contribution in [0.1, 0.15) is 31.7 Å². The predicted molar refractivity (Wildman–Crippen MR) is 136 cm³/mol. The fourth-order valence-corrected chi connectivity index (χ4v) is 3.77. The van der Waals surface area contributed by atoms with Crippen LogP contribution in [-0.4, -0.2) is 86.1 Å². The predicted octanol–water partition coefficient (Wildman–Crippen LogP) is -2.30. The van der Waals surface area contributed by atoms with E-state index < -0.39 is 78.7 Å². The number of carboxylic acid groups (broad SMARTS) is 2. The van der Waals surface area contributed by atoms with E-state index in [-0.39, 0.29) is 12.8 Å². The van der Waals surface area contributed by atoms with E-state index in [4.69, 9.17) is 16.6 Å². The van der Waals surface area contributed by atoms with E-state index in [1.54, 1.807) is 6.20 Å². The molecular weight excluding hydrogens is 516 g/mol. The first kappa shape index (κ1) is 30.7. The van der Waals surface area contributed by atoms with Crippen molar-refractivity contribution in [3.63, 3.8) is 0 Å². The number of aliphatic hydroxyl groups excluding tert-OH is 1. The topological polar surface area (TPSA) is 267 Å². The van der Waals surface area contributed by atoms with Crippen LogP contribution in [0.15, 0.2) is 30.5 Å². The number of H-pyrrole nitrogens is 1. The fourth-order valence-electron chi connectivity index (χ4n) is 3.77. The molecule has 5 unspecified atom stereocenters. The minimum Gasteiger partial charge on any atom is -0.481 e. The molecule has 0 bridgehead atoms. The molecule has 11 N–H and O–H groups in total. The number of aliphatic carboxylic acids is 2. The summed E-state index contributed by atoms with van der Waals surface area (Å²) < 4.78 is 0. The Morgan fingerprint density at radius 1 is 0.949 bits per heavy atom. The van der Waals surface area contributed by atoms with Gasteiger partial charge in [-0.05, 0) is 31.4 Å². The van der Waals surface area contributed by atoms with Gasteiger partial charge >= 0.3 is 11.9 Å². The molecule has 1 heterocycles. The summed E-state index contributed by atoms with van der Waals surface area (Å²) in [6.45, 7) is 1.11. The lowest BCUT2D eigenvalue weighted by molar-refractivity contribution is -0.145. The van der Waals surface area contributed by atoms with Crippen molar-refractivity contribution >= 4 is 46.5 Å². The zero-order valence-corrected chi connectivity index (χ0v) is 21.0. The van der Waals surface area contributed by atoms with Crippen molar-refractivity contribution in [3.8, 4) is 0 Å². The molecule has 0 fully saturated rings. The van der Waals surface area contributed by atoms with Crippen molar-refractivity contribution in [2.45, 2.75) is 62.9 Å². The number of carbonyl (C=O) groups is 6. The standard InChI is InChI=1S/C24H32N6O9/c1-11(31)20(24(38)39)30-23(37)17(9-18(26)32)29-22(36)16(6-7-19(33)34)28-21(35)14(25)8-12-10-27-15-5-3-2-4-13(12)15/h2-5,10-11,14,16-17,20,27,31H,6-9,25H2,1H3,(H2,26,32)(H,28,35)(H,29,36)(H,30,37)(H,33,34)(H,38,39). The summed E-state index contributed by atoms with van der Waals surface area (Å²) in [4.78, 5) is 75.4. The van der Waals surface area contributed by atoms with Crippen molar-refractivity contribution in [3.05, 3.63) is 36.0 Å². The number of amides is 4. The minimum absolute atomic E-state index is 0.0890. The van der Waals surface area contributed by atoms with Crippen molar-refractivity contribution in [2.75, 3.05) is 0 Å². The smallest absolute Gasteiger partial charge is 0.328 e. The maximum Gasteiger partial charge on any atom is 0.328 e. The monoisotopic (exact) mass is 548 g/mol. The largest absolute Gasteiger partial charge is 0.481 e. The molecule has 4 amide bonds. The van der Waals surface area contributed by atoms with Crippen molar-refractivity contribution < 1.29 is 44.1 Å². The number of para-hydroxylation sites is 1. The van der Waals surface area contributed by atoms with Gasteiger partial charge in [-0.3, -0.25) is 24.0 Å². The lowest BCUT2D eigenvalue weighted by Crippen LogP contribution is -2.59. The molecule has 2 aromatic rings. The molecule has 0 saturated heterocycles. The quantitative estimate of drug-likeness (QED) is 0.115. The number of benzene rings is 1. The number of fused-ring (bicyclic) bond motifs is 1. The van der Waals surface area contributed by atoms with E-state index in [1.807, 2.05) is 29.6 Å². The third kappa shape index (κ3) is 9.08. The third-order valence-corrected chi connectivity index (χ3v) is 5.82. The van der Waals surface area contributed by atoms with E-state index in [9.17, 15) is 39.0 Å². The second kappa shape index (κ2) is 13.9. The molecule has 0 spiro atoms. The first-order valence-corrected chi connectivity index (χ1v) is 11.9. The SMILES string of the molecule is CC(O)C(NC(=O)C(CC(N)=O)NC(=O)C(CCC(=O)O)NC(=O)C(N)Cc1c[nH]c2ccccc12)C(=O)O. The molecule has 2 rings (SSSR count).